The monoisotopic (exact) mass is 180 g/mol. The molecule has 0 unspecified atom stereocenters. The molecule has 0 spiro atoms. The Labute approximate surface area is 73.6 Å². The number of nitrogen functional groups attached to an aromatic ring is 1. The molecule has 2 rings (SSSR count). The highest BCUT2D eigenvalue weighted by Crippen LogP contribution is 2.15. The number of hydrogen-bond acceptors (Lipinski definition) is 6. The summed E-state index contributed by atoms with van der Waals surface area (Å²) in [4.78, 5) is 0. The van der Waals surface area contributed by atoms with Gasteiger partial charge in [-0.3, -0.25) is 0 Å². The van der Waals surface area contributed by atoms with E-state index in [1.165, 1.54) is 0 Å². The number of aromatic nitrogens is 5. The summed E-state index contributed by atoms with van der Waals surface area (Å²) >= 11 is 0. The van der Waals surface area contributed by atoms with E-state index in [1.807, 2.05) is 14.0 Å². The summed E-state index contributed by atoms with van der Waals surface area (Å²) < 4.78 is 6.74. The summed E-state index contributed by atoms with van der Waals surface area (Å²) in [7, 11) is 1.81. The quantitative estimate of drug-likeness (QED) is 0.650. The van der Waals surface area contributed by atoms with Gasteiger partial charge in [0.2, 0.25) is 5.82 Å². The van der Waals surface area contributed by atoms with E-state index < -0.39 is 0 Å². The van der Waals surface area contributed by atoms with Gasteiger partial charge in [0.15, 0.2) is 0 Å². The van der Waals surface area contributed by atoms with Crippen LogP contribution in [0.25, 0.3) is 11.7 Å². The van der Waals surface area contributed by atoms with Crippen LogP contribution in [0.5, 0.6) is 0 Å². The van der Waals surface area contributed by atoms with Gasteiger partial charge in [-0.05, 0) is 6.92 Å². The highest BCUT2D eigenvalue weighted by atomic mass is 16.4. The summed E-state index contributed by atoms with van der Waals surface area (Å²) in [6, 6.07) is 0.0238. The van der Waals surface area contributed by atoms with Crippen molar-refractivity contribution in [3.8, 4) is 11.7 Å². The second kappa shape index (κ2) is 2.54. The number of rotatable bonds is 1. The average Bonchev–Trinajstić information content (AvgIpc) is 2.62. The SMILES string of the molecule is Cc1nnc(-c2nnc(N)o2)n1C. The maximum absolute atomic E-state index is 5.28. The number of anilines is 1. The van der Waals surface area contributed by atoms with Gasteiger partial charge in [0.25, 0.3) is 5.89 Å². The normalized spacial score (nSPS) is 10.6. The van der Waals surface area contributed by atoms with Gasteiger partial charge < -0.3 is 14.7 Å². The lowest BCUT2D eigenvalue weighted by Crippen LogP contribution is -1.94. The molecule has 0 aliphatic heterocycles. The topological polar surface area (TPSA) is 95.7 Å². The zero-order valence-corrected chi connectivity index (χ0v) is 7.22. The molecule has 7 heteroatoms. The molecule has 0 bridgehead atoms. The van der Waals surface area contributed by atoms with Gasteiger partial charge in [-0.2, -0.15) is 0 Å². The molecular formula is C6H8N6O. The van der Waals surface area contributed by atoms with E-state index in [1.54, 1.807) is 4.57 Å². The van der Waals surface area contributed by atoms with Gasteiger partial charge in [0.05, 0.1) is 0 Å². The fourth-order valence-electron chi connectivity index (χ4n) is 0.918. The van der Waals surface area contributed by atoms with Gasteiger partial charge in [0.1, 0.15) is 5.82 Å². The molecule has 0 atom stereocenters. The maximum atomic E-state index is 5.28. The molecule has 2 N–H and O–H groups in total. The minimum Gasteiger partial charge on any atom is -0.400 e. The van der Waals surface area contributed by atoms with Crippen LogP contribution in [0.15, 0.2) is 4.42 Å². The summed E-state index contributed by atoms with van der Waals surface area (Å²) in [6.07, 6.45) is 0. The van der Waals surface area contributed by atoms with Gasteiger partial charge in [0, 0.05) is 7.05 Å². The first-order valence-electron chi connectivity index (χ1n) is 3.64. The molecule has 0 aliphatic rings. The summed E-state index contributed by atoms with van der Waals surface area (Å²) in [5.41, 5.74) is 5.28. The van der Waals surface area contributed by atoms with Crippen LogP contribution < -0.4 is 5.73 Å². The Balaban J connectivity index is 2.52. The van der Waals surface area contributed by atoms with Gasteiger partial charge in [-0.1, -0.05) is 5.10 Å². The molecule has 0 radical (unpaired) electrons. The van der Waals surface area contributed by atoms with Crippen molar-refractivity contribution in [2.24, 2.45) is 7.05 Å². The van der Waals surface area contributed by atoms with Crippen molar-refractivity contribution in [2.45, 2.75) is 6.92 Å². The van der Waals surface area contributed by atoms with E-state index in [2.05, 4.69) is 20.4 Å². The first-order valence-corrected chi connectivity index (χ1v) is 3.64. The molecule has 2 aromatic heterocycles. The van der Waals surface area contributed by atoms with E-state index >= 15 is 0 Å². The van der Waals surface area contributed by atoms with Crippen LogP contribution >= 0.6 is 0 Å². The van der Waals surface area contributed by atoms with Crippen molar-refractivity contribution < 1.29 is 4.42 Å². The fraction of sp³-hybridized carbons (Fsp3) is 0.333. The fourth-order valence-corrected chi connectivity index (χ4v) is 0.918. The third-order valence-corrected chi connectivity index (χ3v) is 1.72. The molecular weight excluding hydrogens is 172 g/mol. The Hall–Kier alpha value is -1.92. The van der Waals surface area contributed by atoms with Crippen molar-refractivity contribution in [3.05, 3.63) is 5.82 Å². The van der Waals surface area contributed by atoms with Gasteiger partial charge in [-0.15, -0.1) is 15.3 Å². The van der Waals surface area contributed by atoms with E-state index in [0.717, 1.165) is 5.82 Å². The predicted octanol–water partition coefficient (Wildman–Crippen LogP) is -0.244. The Morgan fingerprint density at radius 1 is 1.23 bits per heavy atom. The molecule has 0 amide bonds. The first kappa shape index (κ1) is 7.71. The molecule has 0 aliphatic carbocycles. The van der Waals surface area contributed by atoms with E-state index in [0.29, 0.717) is 5.82 Å². The number of nitrogens with two attached hydrogens (primary N) is 1. The molecule has 0 saturated carbocycles. The van der Waals surface area contributed by atoms with Crippen LogP contribution in [0.4, 0.5) is 6.01 Å². The molecule has 0 fully saturated rings. The lowest BCUT2D eigenvalue weighted by atomic mass is 10.6. The van der Waals surface area contributed by atoms with Crippen molar-refractivity contribution in [1.29, 1.82) is 0 Å². The summed E-state index contributed by atoms with van der Waals surface area (Å²) in [6.45, 7) is 1.83. The van der Waals surface area contributed by atoms with E-state index in [9.17, 15) is 0 Å². The maximum Gasteiger partial charge on any atom is 0.313 e. The molecule has 13 heavy (non-hydrogen) atoms. The van der Waals surface area contributed by atoms with Crippen LogP contribution in [-0.2, 0) is 7.05 Å². The smallest absolute Gasteiger partial charge is 0.313 e. The van der Waals surface area contributed by atoms with Crippen molar-refractivity contribution in [2.75, 3.05) is 5.73 Å². The number of aryl methyl sites for hydroxylation is 1. The Morgan fingerprint density at radius 2 is 2.00 bits per heavy atom. The van der Waals surface area contributed by atoms with Crippen LogP contribution in [0, 0.1) is 6.92 Å². The Morgan fingerprint density at radius 3 is 2.46 bits per heavy atom. The van der Waals surface area contributed by atoms with Crippen LogP contribution in [0.3, 0.4) is 0 Å². The lowest BCUT2D eigenvalue weighted by molar-refractivity contribution is 0.580. The minimum absolute atomic E-state index is 0.0238. The lowest BCUT2D eigenvalue weighted by Gasteiger charge is -1.94. The zero-order valence-electron chi connectivity index (χ0n) is 7.22. The highest BCUT2D eigenvalue weighted by molar-refractivity contribution is 5.40. The van der Waals surface area contributed by atoms with Gasteiger partial charge in [-0.25, -0.2) is 0 Å². The molecule has 7 nitrogen and oxygen atoms in total. The average molecular weight is 180 g/mol. The number of nitrogens with zero attached hydrogens (tertiary/aromatic N) is 5. The molecule has 2 heterocycles. The Bertz CT molecular complexity index is 430. The van der Waals surface area contributed by atoms with Crippen LogP contribution in [0.2, 0.25) is 0 Å². The van der Waals surface area contributed by atoms with E-state index in [4.69, 9.17) is 10.2 Å². The first-order chi connectivity index (χ1) is 6.18. The number of hydrogen-bond donors (Lipinski definition) is 1. The third kappa shape index (κ3) is 1.13. The van der Waals surface area contributed by atoms with Crippen LogP contribution in [-0.4, -0.2) is 25.0 Å². The molecule has 0 aromatic carbocycles. The second-order valence-corrected chi connectivity index (χ2v) is 2.58. The second-order valence-electron chi connectivity index (χ2n) is 2.58. The van der Waals surface area contributed by atoms with Crippen molar-refractivity contribution in [3.63, 3.8) is 0 Å². The van der Waals surface area contributed by atoms with Crippen molar-refractivity contribution >= 4 is 6.01 Å². The van der Waals surface area contributed by atoms with E-state index in [-0.39, 0.29) is 11.9 Å². The molecule has 68 valence electrons. The molecule has 2 aromatic rings. The third-order valence-electron chi connectivity index (χ3n) is 1.72. The standard InChI is InChI=1S/C6H8N6O/c1-3-8-9-4(12(3)2)5-10-11-6(7)13-5/h1-2H3,(H2,7,11). The van der Waals surface area contributed by atoms with Crippen molar-refractivity contribution in [1.82, 2.24) is 25.0 Å². The summed E-state index contributed by atoms with van der Waals surface area (Å²) in [5, 5.41) is 14.9. The van der Waals surface area contributed by atoms with Gasteiger partial charge >= 0.3 is 6.01 Å². The predicted molar refractivity (Wildman–Crippen MR) is 43.4 cm³/mol. The highest BCUT2D eigenvalue weighted by Gasteiger charge is 2.13. The Kier molecular flexibility index (Phi) is 1.51. The zero-order chi connectivity index (χ0) is 9.42. The summed E-state index contributed by atoms with van der Waals surface area (Å²) in [5.74, 6) is 1.56. The largest absolute Gasteiger partial charge is 0.400 e. The van der Waals surface area contributed by atoms with Crippen LogP contribution in [0.1, 0.15) is 5.82 Å². The molecule has 0 saturated heterocycles. The minimum atomic E-state index is 0.0238.